The Morgan fingerprint density at radius 1 is 1.14 bits per heavy atom. The number of ether oxygens (including phenoxy) is 1. The summed E-state index contributed by atoms with van der Waals surface area (Å²) in [4.78, 5) is 0.133. The van der Waals surface area contributed by atoms with E-state index in [2.05, 4.69) is 4.72 Å². The van der Waals surface area contributed by atoms with E-state index in [4.69, 9.17) is 10.5 Å². The van der Waals surface area contributed by atoms with Gasteiger partial charge in [0, 0.05) is 6.54 Å². The average molecular weight is 306 g/mol. The molecular formula is C15H18N2O3S. The second-order valence-corrected chi connectivity index (χ2v) is 6.30. The first-order chi connectivity index (χ1) is 10.0. The highest BCUT2D eigenvalue weighted by molar-refractivity contribution is 7.89. The van der Waals surface area contributed by atoms with Crippen LogP contribution in [0.2, 0.25) is 0 Å². The van der Waals surface area contributed by atoms with Crippen molar-refractivity contribution < 1.29 is 13.2 Å². The van der Waals surface area contributed by atoms with Crippen LogP contribution < -0.4 is 15.2 Å². The lowest BCUT2D eigenvalue weighted by molar-refractivity contribution is 0.416. The van der Waals surface area contributed by atoms with E-state index in [-0.39, 0.29) is 4.90 Å². The summed E-state index contributed by atoms with van der Waals surface area (Å²) in [5.41, 5.74) is 7.10. The molecule has 3 N–H and O–H groups in total. The molecule has 0 amide bonds. The van der Waals surface area contributed by atoms with Crippen LogP contribution in [0.3, 0.4) is 0 Å². The molecule has 0 bridgehead atoms. The zero-order chi connectivity index (χ0) is 15.3. The fourth-order valence-corrected chi connectivity index (χ4v) is 3.00. The van der Waals surface area contributed by atoms with Crippen molar-refractivity contribution >= 4 is 15.7 Å². The number of sulfonamides is 1. The topological polar surface area (TPSA) is 81.4 Å². The Bertz CT molecular complexity index is 700. The molecule has 2 aromatic rings. The van der Waals surface area contributed by atoms with E-state index in [1.54, 1.807) is 6.07 Å². The number of hydrogen-bond donors (Lipinski definition) is 2. The molecule has 0 radical (unpaired) electrons. The molecule has 0 unspecified atom stereocenters. The molecule has 112 valence electrons. The van der Waals surface area contributed by atoms with Crippen molar-refractivity contribution in [1.82, 2.24) is 4.72 Å². The van der Waals surface area contributed by atoms with E-state index in [1.165, 1.54) is 19.2 Å². The average Bonchev–Trinajstić information content (AvgIpc) is 2.48. The van der Waals surface area contributed by atoms with Gasteiger partial charge in [0.05, 0.1) is 17.7 Å². The lowest BCUT2D eigenvalue weighted by Gasteiger charge is -2.09. The van der Waals surface area contributed by atoms with Gasteiger partial charge in [-0.05, 0) is 30.2 Å². The summed E-state index contributed by atoms with van der Waals surface area (Å²) in [6.45, 7) is 0.332. The Balaban J connectivity index is 2.03. The Morgan fingerprint density at radius 2 is 1.86 bits per heavy atom. The van der Waals surface area contributed by atoms with Crippen LogP contribution in [0.4, 0.5) is 5.69 Å². The maximum atomic E-state index is 12.2. The van der Waals surface area contributed by atoms with Crippen LogP contribution in [-0.4, -0.2) is 22.1 Å². The van der Waals surface area contributed by atoms with Crippen LogP contribution in [0.5, 0.6) is 5.75 Å². The number of anilines is 1. The zero-order valence-corrected chi connectivity index (χ0v) is 12.6. The van der Waals surface area contributed by atoms with Crippen molar-refractivity contribution in [3.8, 4) is 5.75 Å². The quantitative estimate of drug-likeness (QED) is 0.797. The van der Waals surface area contributed by atoms with E-state index in [0.717, 1.165) is 5.56 Å². The number of nitrogen functional groups attached to an aromatic ring is 1. The first-order valence-corrected chi connectivity index (χ1v) is 7.98. The Kier molecular flexibility index (Phi) is 4.82. The smallest absolute Gasteiger partial charge is 0.240 e. The SMILES string of the molecule is COc1ccc(S(=O)(=O)NCCc2ccccc2)cc1N. The molecule has 2 rings (SSSR count). The number of nitrogens with two attached hydrogens (primary N) is 1. The maximum Gasteiger partial charge on any atom is 0.240 e. The van der Waals surface area contributed by atoms with Crippen molar-refractivity contribution in [2.24, 2.45) is 0 Å². The van der Waals surface area contributed by atoms with Gasteiger partial charge in [0.2, 0.25) is 10.0 Å². The van der Waals surface area contributed by atoms with Gasteiger partial charge in [-0.2, -0.15) is 0 Å². The second-order valence-electron chi connectivity index (χ2n) is 4.54. The molecule has 5 nitrogen and oxygen atoms in total. The molecule has 0 fully saturated rings. The largest absolute Gasteiger partial charge is 0.495 e. The standard InChI is InChI=1S/C15H18N2O3S/c1-20-15-8-7-13(11-14(15)16)21(18,19)17-10-9-12-5-3-2-4-6-12/h2-8,11,17H,9-10,16H2,1H3. The van der Waals surface area contributed by atoms with Gasteiger partial charge in [-0.15, -0.1) is 0 Å². The Labute approximate surface area is 124 Å². The monoisotopic (exact) mass is 306 g/mol. The molecule has 0 aromatic heterocycles. The zero-order valence-electron chi connectivity index (χ0n) is 11.7. The van der Waals surface area contributed by atoms with Gasteiger partial charge < -0.3 is 10.5 Å². The van der Waals surface area contributed by atoms with Gasteiger partial charge >= 0.3 is 0 Å². The van der Waals surface area contributed by atoms with Crippen molar-refractivity contribution in [3.05, 3.63) is 54.1 Å². The van der Waals surface area contributed by atoms with Crippen LogP contribution in [-0.2, 0) is 16.4 Å². The van der Waals surface area contributed by atoms with Gasteiger partial charge in [-0.1, -0.05) is 30.3 Å². The first-order valence-electron chi connectivity index (χ1n) is 6.50. The van der Waals surface area contributed by atoms with Crippen molar-refractivity contribution in [1.29, 1.82) is 0 Å². The summed E-state index contributed by atoms with van der Waals surface area (Å²) in [5, 5.41) is 0. The van der Waals surface area contributed by atoms with Crippen molar-refractivity contribution in [3.63, 3.8) is 0 Å². The number of benzene rings is 2. The molecule has 0 heterocycles. The minimum atomic E-state index is -3.56. The molecule has 0 aliphatic rings. The fraction of sp³-hybridized carbons (Fsp3) is 0.200. The van der Waals surface area contributed by atoms with Crippen LogP contribution in [0.15, 0.2) is 53.4 Å². The highest BCUT2D eigenvalue weighted by Crippen LogP contribution is 2.24. The second kappa shape index (κ2) is 6.60. The minimum Gasteiger partial charge on any atom is -0.495 e. The maximum absolute atomic E-state index is 12.2. The highest BCUT2D eigenvalue weighted by atomic mass is 32.2. The van der Waals surface area contributed by atoms with Gasteiger partial charge in [-0.3, -0.25) is 0 Å². The molecule has 6 heteroatoms. The summed E-state index contributed by atoms with van der Waals surface area (Å²) in [5.74, 6) is 0.457. The van der Waals surface area contributed by atoms with Gasteiger partial charge in [0.1, 0.15) is 5.75 Å². The lowest BCUT2D eigenvalue weighted by Crippen LogP contribution is -2.26. The number of methoxy groups -OCH3 is 1. The molecule has 21 heavy (non-hydrogen) atoms. The van der Waals surface area contributed by atoms with Crippen molar-refractivity contribution in [2.75, 3.05) is 19.4 Å². The lowest BCUT2D eigenvalue weighted by atomic mass is 10.2. The third-order valence-corrected chi connectivity index (χ3v) is 4.52. The Hall–Kier alpha value is -2.05. The van der Waals surface area contributed by atoms with Crippen molar-refractivity contribution in [2.45, 2.75) is 11.3 Å². The third-order valence-electron chi connectivity index (χ3n) is 3.06. The van der Waals surface area contributed by atoms with Crippen LogP contribution in [0.1, 0.15) is 5.56 Å². The molecular weight excluding hydrogens is 288 g/mol. The summed E-state index contributed by atoms with van der Waals surface area (Å²) in [6, 6.07) is 14.1. The molecule has 0 saturated heterocycles. The summed E-state index contributed by atoms with van der Waals surface area (Å²) in [7, 11) is -2.08. The fourth-order valence-electron chi connectivity index (χ4n) is 1.94. The van der Waals surface area contributed by atoms with Gasteiger partial charge in [0.25, 0.3) is 0 Å². The molecule has 2 aromatic carbocycles. The first kappa shape index (κ1) is 15.3. The molecule has 0 saturated carbocycles. The number of nitrogens with one attached hydrogen (secondary N) is 1. The van der Waals surface area contributed by atoms with E-state index in [0.29, 0.717) is 24.4 Å². The Morgan fingerprint density at radius 3 is 2.48 bits per heavy atom. The number of rotatable bonds is 6. The molecule has 0 spiro atoms. The molecule has 0 aliphatic heterocycles. The van der Waals surface area contributed by atoms with E-state index in [1.807, 2.05) is 30.3 Å². The third kappa shape index (κ3) is 3.96. The normalized spacial score (nSPS) is 11.3. The van der Waals surface area contributed by atoms with Crippen LogP contribution >= 0.6 is 0 Å². The summed E-state index contributed by atoms with van der Waals surface area (Å²) < 4.78 is 31.9. The van der Waals surface area contributed by atoms with E-state index >= 15 is 0 Å². The molecule has 0 aliphatic carbocycles. The van der Waals surface area contributed by atoms with Crippen LogP contribution in [0.25, 0.3) is 0 Å². The van der Waals surface area contributed by atoms with E-state index < -0.39 is 10.0 Å². The minimum absolute atomic E-state index is 0.133. The summed E-state index contributed by atoms with van der Waals surface area (Å²) >= 11 is 0. The van der Waals surface area contributed by atoms with Gasteiger partial charge in [0.15, 0.2) is 0 Å². The van der Waals surface area contributed by atoms with Crippen LogP contribution in [0, 0.1) is 0 Å². The highest BCUT2D eigenvalue weighted by Gasteiger charge is 2.15. The predicted octanol–water partition coefficient (Wildman–Crippen LogP) is 1.80. The van der Waals surface area contributed by atoms with Gasteiger partial charge in [-0.25, -0.2) is 13.1 Å². The summed E-state index contributed by atoms with van der Waals surface area (Å²) in [6.07, 6.45) is 0.631. The van der Waals surface area contributed by atoms with E-state index in [9.17, 15) is 8.42 Å². The number of hydrogen-bond acceptors (Lipinski definition) is 4. The predicted molar refractivity (Wildman–Crippen MR) is 82.7 cm³/mol. The molecule has 0 atom stereocenters.